The predicted octanol–water partition coefficient (Wildman–Crippen LogP) is 3.15. The first-order chi connectivity index (χ1) is 7.54. The van der Waals surface area contributed by atoms with E-state index in [0.717, 1.165) is 18.7 Å². The molecule has 0 bridgehead atoms. The highest BCUT2D eigenvalue weighted by molar-refractivity contribution is 6.36. The molecule has 0 spiro atoms. The molecule has 90 valence electrons. The molecule has 0 aromatic heterocycles. The van der Waals surface area contributed by atoms with E-state index in [1.54, 1.807) is 19.2 Å². The number of anilines is 1. The maximum Gasteiger partial charge on any atom is 0.160 e. The summed E-state index contributed by atoms with van der Waals surface area (Å²) >= 11 is 11.9. The number of methoxy groups -OCH3 is 1. The Labute approximate surface area is 106 Å². The Bertz CT molecular complexity index is 356. The van der Waals surface area contributed by atoms with Crippen molar-refractivity contribution in [2.45, 2.75) is 19.4 Å². The average molecular weight is 263 g/mol. The Hall–Kier alpha value is -0.640. The molecule has 1 atom stereocenters. The minimum absolute atomic E-state index is 0.160. The van der Waals surface area contributed by atoms with Crippen molar-refractivity contribution in [3.63, 3.8) is 0 Å². The predicted molar refractivity (Wildman–Crippen MR) is 69.8 cm³/mol. The van der Waals surface area contributed by atoms with Gasteiger partial charge in [0.15, 0.2) is 5.75 Å². The van der Waals surface area contributed by atoms with E-state index in [0.29, 0.717) is 15.8 Å². The Morgan fingerprint density at radius 3 is 2.69 bits per heavy atom. The summed E-state index contributed by atoms with van der Waals surface area (Å²) in [5, 5.41) is 4.28. The number of rotatable bonds is 5. The zero-order valence-electron chi connectivity index (χ0n) is 9.39. The fourth-order valence-electron chi connectivity index (χ4n) is 1.33. The zero-order chi connectivity index (χ0) is 12.1. The van der Waals surface area contributed by atoms with Gasteiger partial charge < -0.3 is 15.8 Å². The van der Waals surface area contributed by atoms with Gasteiger partial charge >= 0.3 is 0 Å². The normalized spacial score (nSPS) is 12.3. The number of hydrogen-bond donors (Lipinski definition) is 2. The summed E-state index contributed by atoms with van der Waals surface area (Å²) in [6, 6.07) is 3.60. The molecule has 0 amide bonds. The third-order valence-corrected chi connectivity index (χ3v) is 2.63. The van der Waals surface area contributed by atoms with Gasteiger partial charge in [0, 0.05) is 17.6 Å². The van der Waals surface area contributed by atoms with E-state index in [1.807, 2.05) is 6.92 Å². The van der Waals surface area contributed by atoms with E-state index in [1.165, 1.54) is 0 Å². The lowest BCUT2D eigenvalue weighted by Crippen LogP contribution is -2.19. The van der Waals surface area contributed by atoms with Crippen LogP contribution in [0.25, 0.3) is 0 Å². The summed E-state index contributed by atoms with van der Waals surface area (Å²) in [6.45, 7) is 2.72. The summed E-state index contributed by atoms with van der Waals surface area (Å²) in [6.07, 6.45) is 0.868. The first-order valence-corrected chi connectivity index (χ1v) is 5.82. The Balaban J connectivity index is 2.77. The van der Waals surface area contributed by atoms with Crippen molar-refractivity contribution in [1.82, 2.24) is 0 Å². The monoisotopic (exact) mass is 262 g/mol. The number of nitrogens with two attached hydrogens (primary N) is 1. The van der Waals surface area contributed by atoms with Gasteiger partial charge in [-0.05, 0) is 25.5 Å². The molecular weight excluding hydrogens is 247 g/mol. The summed E-state index contributed by atoms with van der Waals surface area (Å²) in [4.78, 5) is 0. The van der Waals surface area contributed by atoms with Crippen LogP contribution in [0.15, 0.2) is 12.1 Å². The van der Waals surface area contributed by atoms with Gasteiger partial charge in [-0.2, -0.15) is 0 Å². The maximum atomic E-state index is 6.00. The molecule has 0 radical (unpaired) electrons. The van der Waals surface area contributed by atoms with Gasteiger partial charge in [0.05, 0.1) is 17.8 Å². The second-order valence-corrected chi connectivity index (χ2v) is 4.50. The van der Waals surface area contributed by atoms with Gasteiger partial charge in [-0.25, -0.2) is 0 Å². The number of hydrogen-bond acceptors (Lipinski definition) is 3. The lowest BCUT2D eigenvalue weighted by Gasteiger charge is -2.13. The molecule has 1 aromatic carbocycles. The van der Waals surface area contributed by atoms with Gasteiger partial charge in [-0.3, -0.25) is 0 Å². The Morgan fingerprint density at radius 1 is 1.44 bits per heavy atom. The topological polar surface area (TPSA) is 47.3 Å². The molecular formula is C11H16Cl2N2O. The average Bonchev–Trinajstić information content (AvgIpc) is 2.16. The molecule has 0 aliphatic carbocycles. The lowest BCUT2D eigenvalue weighted by atomic mass is 10.2. The molecule has 3 N–H and O–H groups in total. The fourth-order valence-corrected chi connectivity index (χ4v) is 1.90. The van der Waals surface area contributed by atoms with E-state index in [4.69, 9.17) is 33.7 Å². The van der Waals surface area contributed by atoms with Crippen LogP contribution in [0.3, 0.4) is 0 Å². The molecule has 1 aromatic rings. The second kappa shape index (κ2) is 6.18. The van der Waals surface area contributed by atoms with Crippen LogP contribution >= 0.6 is 23.2 Å². The number of benzene rings is 1. The molecule has 0 saturated carbocycles. The van der Waals surface area contributed by atoms with Crippen molar-refractivity contribution in [3.8, 4) is 5.75 Å². The van der Waals surface area contributed by atoms with Crippen LogP contribution in [-0.2, 0) is 0 Å². The molecule has 1 unspecified atom stereocenters. The van der Waals surface area contributed by atoms with Crippen LogP contribution in [0.2, 0.25) is 10.0 Å². The first kappa shape index (κ1) is 13.4. The highest BCUT2D eigenvalue weighted by Crippen LogP contribution is 2.35. The van der Waals surface area contributed by atoms with Crippen LogP contribution in [0, 0.1) is 0 Å². The van der Waals surface area contributed by atoms with Gasteiger partial charge in [0.2, 0.25) is 0 Å². The lowest BCUT2D eigenvalue weighted by molar-refractivity contribution is 0.416. The van der Waals surface area contributed by atoms with Crippen molar-refractivity contribution in [2.75, 3.05) is 19.0 Å². The second-order valence-electron chi connectivity index (χ2n) is 3.66. The van der Waals surface area contributed by atoms with E-state index >= 15 is 0 Å². The zero-order valence-corrected chi connectivity index (χ0v) is 10.9. The molecule has 0 aliphatic heterocycles. The molecule has 0 saturated heterocycles. The largest absolute Gasteiger partial charge is 0.493 e. The van der Waals surface area contributed by atoms with Gasteiger partial charge in [-0.15, -0.1) is 0 Å². The Kier molecular flexibility index (Phi) is 5.19. The van der Waals surface area contributed by atoms with Crippen molar-refractivity contribution in [3.05, 3.63) is 22.2 Å². The summed E-state index contributed by atoms with van der Waals surface area (Å²) in [5.41, 5.74) is 6.46. The summed E-state index contributed by atoms with van der Waals surface area (Å²) < 4.78 is 5.20. The van der Waals surface area contributed by atoms with Gasteiger partial charge in [0.1, 0.15) is 0 Å². The first-order valence-electron chi connectivity index (χ1n) is 5.07. The van der Waals surface area contributed by atoms with Crippen LogP contribution in [0.5, 0.6) is 5.75 Å². The Morgan fingerprint density at radius 2 is 2.12 bits per heavy atom. The van der Waals surface area contributed by atoms with Crippen LogP contribution in [-0.4, -0.2) is 19.7 Å². The van der Waals surface area contributed by atoms with Crippen molar-refractivity contribution in [1.29, 1.82) is 0 Å². The van der Waals surface area contributed by atoms with Crippen molar-refractivity contribution < 1.29 is 4.74 Å². The SMILES string of the molecule is COc1c(Cl)cc(Cl)cc1NCCC(C)N. The maximum absolute atomic E-state index is 6.00. The third-order valence-electron chi connectivity index (χ3n) is 2.13. The minimum Gasteiger partial charge on any atom is -0.493 e. The van der Waals surface area contributed by atoms with Crippen LogP contribution in [0.1, 0.15) is 13.3 Å². The molecule has 0 aliphatic rings. The van der Waals surface area contributed by atoms with E-state index in [-0.39, 0.29) is 6.04 Å². The van der Waals surface area contributed by atoms with Crippen molar-refractivity contribution >= 4 is 28.9 Å². The van der Waals surface area contributed by atoms with E-state index in [2.05, 4.69) is 5.32 Å². The number of halogens is 2. The third kappa shape index (κ3) is 3.74. The quantitative estimate of drug-likeness (QED) is 0.857. The molecule has 3 nitrogen and oxygen atoms in total. The van der Waals surface area contributed by atoms with Crippen molar-refractivity contribution in [2.24, 2.45) is 5.73 Å². The van der Waals surface area contributed by atoms with Gasteiger partial charge in [0.25, 0.3) is 0 Å². The van der Waals surface area contributed by atoms with Crippen LogP contribution in [0.4, 0.5) is 5.69 Å². The molecule has 0 fully saturated rings. The molecule has 16 heavy (non-hydrogen) atoms. The minimum atomic E-state index is 0.160. The van der Waals surface area contributed by atoms with Crippen LogP contribution < -0.4 is 15.8 Å². The molecule has 0 heterocycles. The standard InChI is InChI=1S/C11H16Cl2N2O/c1-7(14)3-4-15-10-6-8(12)5-9(13)11(10)16-2/h5-7,15H,3-4,14H2,1-2H3. The summed E-state index contributed by atoms with van der Waals surface area (Å²) in [5.74, 6) is 0.607. The highest BCUT2D eigenvalue weighted by atomic mass is 35.5. The van der Waals surface area contributed by atoms with E-state index < -0.39 is 0 Å². The molecule has 5 heteroatoms. The highest BCUT2D eigenvalue weighted by Gasteiger charge is 2.09. The smallest absolute Gasteiger partial charge is 0.160 e. The summed E-state index contributed by atoms with van der Waals surface area (Å²) in [7, 11) is 1.58. The van der Waals surface area contributed by atoms with E-state index in [9.17, 15) is 0 Å². The van der Waals surface area contributed by atoms with Gasteiger partial charge in [-0.1, -0.05) is 23.2 Å². The molecule has 1 rings (SSSR count). The number of nitrogens with one attached hydrogen (secondary N) is 1. The fraction of sp³-hybridized carbons (Fsp3) is 0.455. The number of ether oxygens (including phenoxy) is 1.